The zero-order chi connectivity index (χ0) is 17.7. The topological polar surface area (TPSA) is 78.7 Å². The van der Waals surface area contributed by atoms with E-state index in [-0.39, 0.29) is 11.2 Å². The summed E-state index contributed by atoms with van der Waals surface area (Å²) >= 11 is 2.70. The van der Waals surface area contributed by atoms with Crippen LogP contribution in [-0.2, 0) is 11.2 Å². The van der Waals surface area contributed by atoms with Crippen molar-refractivity contribution >= 4 is 34.1 Å². The Hall–Kier alpha value is -1.91. The molecule has 0 fully saturated rings. The van der Waals surface area contributed by atoms with Crippen LogP contribution >= 0.6 is 23.1 Å². The van der Waals surface area contributed by atoms with Gasteiger partial charge in [0, 0.05) is 11.1 Å². The molecule has 1 atom stereocenters. The molecule has 0 spiro atoms. The predicted molar refractivity (Wildman–Crippen MR) is 98.3 cm³/mol. The smallest absolute Gasteiger partial charge is 0.239 e. The van der Waals surface area contributed by atoms with Crippen LogP contribution in [0.15, 0.2) is 22.5 Å². The van der Waals surface area contributed by atoms with E-state index in [1.165, 1.54) is 23.1 Å². The molecule has 2 rings (SSSR count). The van der Waals surface area contributed by atoms with Crippen molar-refractivity contribution in [2.24, 2.45) is 5.92 Å². The summed E-state index contributed by atoms with van der Waals surface area (Å²) in [6.45, 7) is 7.93. The van der Waals surface area contributed by atoms with E-state index >= 15 is 0 Å². The quantitative estimate of drug-likeness (QED) is 0.787. The van der Waals surface area contributed by atoms with E-state index in [0.29, 0.717) is 21.6 Å². The highest BCUT2D eigenvalue weighted by Crippen LogP contribution is 2.27. The lowest BCUT2D eigenvalue weighted by molar-refractivity contribution is -0.115. The van der Waals surface area contributed by atoms with E-state index < -0.39 is 0 Å². The lowest BCUT2D eigenvalue weighted by Crippen LogP contribution is -2.22. The highest BCUT2D eigenvalue weighted by molar-refractivity contribution is 8.00. The van der Waals surface area contributed by atoms with E-state index in [2.05, 4.69) is 35.2 Å². The summed E-state index contributed by atoms with van der Waals surface area (Å²) in [6, 6.07) is 5.81. The third-order valence-corrected chi connectivity index (χ3v) is 5.14. The molecule has 0 bridgehead atoms. The molecule has 24 heavy (non-hydrogen) atoms. The lowest BCUT2D eigenvalue weighted by atomic mass is 10.1. The summed E-state index contributed by atoms with van der Waals surface area (Å²) in [7, 11) is 0. The van der Waals surface area contributed by atoms with Gasteiger partial charge in [0.15, 0.2) is 5.13 Å². The number of hydrogen-bond acceptors (Lipinski definition) is 6. The maximum Gasteiger partial charge on any atom is 0.239 e. The number of thiazole rings is 1. The number of hydrogen-bond donors (Lipinski definition) is 1. The Morgan fingerprint density at radius 1 is 1.38 bits per heavy atom. The highest BCUT2D eigenvalue weighted by Gasteiger charge is 2.19. The van der Waals surface area contributed by atoms with E-state index in [0.717, 1.165) is 17.8 Å². The average Bonchev–Trinajstić information content (AvgIpc) is 2.92. The second kappa shape index (κ2) is 8.27. The van der Waals surface area contributed by atoms with Gasteiger partial charge in [-0.2, -0.15) is 5.26 Å². The van der Waals surface area contributed by atoms with Crippen molar-refractivity contribution in [1.29, 1.82) is 5.26 Å². The third kappa shape index (κ3) is 5.05. The molecular formula is C17H20N4OS2. The number of thioether (sulfide) groups is 1. The Kier molecular flexibility index (Phi) is 6.35. The molecule has 0 saturated carbocycles. The van der Waals surface area contributed by atoms with Crippen molar-refractivity contribution in [2.75, 3.05) is 5.32 Å². The molecule has 0 aliphatic heterocycles. The minimum Gasteiger partial charge on any atom is -0.301 e. The Bertz CT molecular complexity index is 764. The van der Waals surface area contributed by atoms with Crippen molar-refractivity contribution in [3.8, 4) is 6.07 Å². The van der Waals surface area contributed by atoms with Gasteiger partial charge in [0.25, 0.3) is 0 Å². The van der Waals surface area contributed by atoms with Crippen molar-refractivity contribution in [2.45, 2.75) is 44.4 Å². The minimum atomic E-state index is -0.372. The van der Waals surface area contributed by atoms with Crippen molar-refractivity contribution in [1.82, 2.24) is 9.97 Å². The molecule has 0 radical (unpaired) electrons. The average molecular weight is 361 g/mol. The van der Waals surface area contributed by atoms with Crippen LogP contribution in [0.3, 0.4) is 0 Å². The normalized spacial score (nSPS) is 12.0. The summed E-state index contributed by atoms with van der Waals surface area (Å²) in [4.78, 5) is 21.1. The van der Waals surface area contributed by atoms with Gasteiger partial charge in [-0.3, -0.25) is 4.79 Å². The van der Waals surface area contributed by atoms with Gasteiger partial charge in [-0.15, -0.1) is 11.3 Å². The second-order valence-electron chi connectivity index (χ2n) is 5.91. The van der Waals surface area contributed by atoms with Crippen LogP contribution in [0.25, 0.3) is 0 Å². The third-order valence-electron chi connectivity index (χ3n) is 3.16. The molecule has 0 aliphatic rings. The number of aromatic nitrogens is 2. The van der Waals surface area contributed by atoms with Gasteiger partial charge in [-0.05, 0) is 38.3 Å². The number of aryl methyl sites for hydroxylation is 1. The first-order valence-corrected chi connectivity index (χ1v) is 9.44. The Morgan fingerprint density at radius 3 is 2.71 bits per heavy atom. The second-order valence-corrected chi connectivity index (χ2v) is 8.10. The summed E-state index contributed by atoms with van der Waals surface area (Å²) < 4.78 is 0. The van der Waals surface area contributed by atoms with Crippen LogP contribution in [-0.4, -0.2) is 21.1 Å². The number of anilines is 1. The fourth-order valence-electron chi connectivity index (χ4n) is 2.02. The molecule has 1 N–H and O–H groups in total. The lowest BCUT2D eigenvalue weighted by Gasteiger charge is -2.12. The molecule has 126 valence electrons. The molecular weight excluding hydrogens is 340 g/mol. The van der Waals surface area contributed by atoms with Gasteiger partial charge < -0.3 is 5.32 Å². The Balaban J connectivity index is 2.10. The van der Waals surface area contributed by atoms with Gasteiger partial charge in [0.1, 0.15) is 11.1 Å². The molecule has 7 heteroatoms. The SMILES string of the molecule is Cc1csc(NC(=O)C(C)Sc2nc(CC(C)C)ccc2C#N)n1. The van der Waals surface area contributed by atoms with Crippen LogP contribution < -0.4 is 5.32 Å². The number of pyridine rings is 1. The molecule has 0 aliphatic carbocycles. The number of carbonyl (C=O) groups excluding carboxylic acids is 1. The molecule has 1 unspecified atom stereocenters. The number of nitrogens with one attached hydrogen (secondary N) is 1. The van der Waals surface area contributed by atoms with Crippen LogP contribution in [0.5, 0.6) is 0 Å². The molecule has 1 amide bonds. The molecule has 2 heterocycles. The zero-order valence-electron chi connectivity index (χ0n) is 14.2. The molecule has 5 nitrogen and oxygen atoms in total. The summed E-state index contributed by atoms with van der Waals surface area (Å²) in [5, 5.41) is 14.8. The van der Waals surface area contributed by atoms with Gasteiger partial charge in [0.2, 0.25) is 5.91 Å². The van der Waals surface area contributed by atoms with Gasteiger partial charge in [-0.25, -0.2) is 9.97 Å². The van der Waals surface area contributed by atoms with Gasteiger partial charge >= 0.3 is 0 Å². The van der Waals surface area contributed by atoms with Crippen LogP contribution in [0.4, 0.5) is 5.13 Å². The van der Waals surface area contributed by atoms with Gasteiger partial charge in [0.05, 0.1) is 16.5 Å². The monoisotopic (exact) mass is 360 g/mol. The van der Waals surface area contributed by atoms with Crippen molar-refractivity contribution in [3.63, 3.8) is 0 Å². The Morgan fingerprint density at radius 2 is 2.12 bits per heavy atom. The maximum atomic E-state index is 12.3. The van der Waals surface area contributed by atoms with E-state index in [4.69, 9.17) is 0 Å². The fraction of sp³-hybridized carbons (Fsp3) is 0.412. The summed E-state index contributed by atoms with van der Waals surface area (Å²) in [5.74, 6) is 0.339. The number of rotatable bonds is 6. The summed E-state index contributed by atoms with van der Waals surface area (Å²) in [6.07, 6.45) is 0.845. The molecule has 0 saturated heterocycles. The summed E-state index contributed by atoms with van der Waals surface area (Å²) in [5.41, 5.74) is 2.32. The van der Waals surface area contributed by atoms with Crippen molar-refractivity contribution in [3.05, 3.63) is 34.5 Å². The first kappa shape index (κ1) is 18.4. The number of carbonyl (C=O) groups is 1. The predicted octanol–water partition coefficient (Wildman–Crippen LogP) is 4.04. The van der Waals surface area contributed by atoms with E-state index in [1.54, 1.807) is 13.0 Å². The molecule has 2 aromatic rings. The first-order valence-electron chi connectivity index (χ1n) is 7.68. The first-order chi connectivity index (χ1) is 11.4. The fourth-order valence-corrected chi connectivity index (χ4v) is 3.63. The maximum absolute atomic E-state index is 12.3. The van der Waals surface area contributed by atoms with Gasteiger partial charge in [-0.1, -0.05) is 25.6 Å². The van der Waals surface area contributed by atoms with Crippen molar-refractivity contribution < 1.29 is 4.79 Å². The van der Waals surface area contributed by atoms with E-state index in [9.17, 15) is 10.1 Å². The number of amides is 1. The number of nitrogens with zero attached hydrogens (tertiary/aromatic N) is 3. The van der Waals surface area contributed by atoms with Crippen LogP contribution in [0, 0.1) is 24.2 Å². The van der Waals surface area contributed by atoms with E-state index in [1.807, 2.05) is 18.4 Å². The standard InChI is InChI=1S/C17H20N4OS2/c1-10(2)7-14-6-5-13(8-18)16(20-14)24-12(4)15(22)21-17-19-11(3)9-23-17/h5-6,9-10,12H,7H2,1-4H3,(H,19,21,22). The molecule has 0 aromatic carbocycles. The van der Waals surface area contributed by atoms with Crippen LogP contribution in [0.1, 0.15) is 37.7 Å². The molecule has 2 aromatic heterocycles. The number of nitriles is 1. The Labute approximate surface area is 150 Å². The zero-order valence-corrected chi connectivity index (χ0v) is 15.8. The van der Waals surface area contributed by atoms with Crippen LogP contribution in [0.2, 0.25) is 0 Å². The highest BCUT2D eigenvalue weighted by atomic mass is 32.2. The largest absolute Gasteiger partial charge is 0.301 e. The minimum absolute atomic E-state index is 0.144.